The van der Waals surface area contributed by atoms with Crippen LogP contribution in [0.4, 0.5) is 0 Å². The zero-order chi connectivity index (χ0) is 14.1. The molecule has 1 rings (SSSR count). The SMILES string of the molecule is COCc1ccccc1CNCCCC(C)(C)C#N. The van der Waals surface area contributed by atoms with Crippen molar-refractivity contribution in [3.05, 3.63) is 35.4 Å². The summed E-state index contributed by atoms with van der Waals surface area (Å²) < 4.78 is 5.19. The molecule has 0 spiro atoms. The summed E-state index contributed by atoms with van der Waals surface area (Å²) in [5, 5.41) is 12.4. The quantitative estimate of drug-likeness (QED) is 0.730. The molecule has 19 heavy (non-hydrogen) atoms. The third-order valence-corrected chi connectivity index (χ3v) is 3.19. The maximum Gasteiger partial charge on any atom is 0.0716 e. The lowest BCUT2D eigenvalue weighted by atomic mass is 9.90. The zero-order valence-corrected chi connectivity index (χ0v) is 12.2. The average molecular weight is 260 g/mol. The molecule has 0 aliphatic carbocycles. The van der Waals surface area contributed by atoms with Crippen LogP contribution in [0.1, 0.15) is 37.8 Å². The van der Waals surface area contributed by atoms with Gasteiger partial charge in [-0.1, -0.05) is 24.3 Å². The number of methoxy groups -OCH3 is 1. The first kappa shape index (κ1) is 15.7. The largest absolute Gasteiger partial charge is 0.380 e. The van der Waals surface area contributed by atoms with E-state index >= 15 is 0 Å². The van der Waals surface area contributed by atoms with E-state index in [2.05, 4.69) is 29.6 Å². The third-order valence-electron chi connectivity index (χ3n) is 3.19. The van der Waals surface area contributed by atoms with Crippen LogP contribution in [-0.2, 0) is 17.9 Å². The van der Waals surface area contributed by atoms with E-state index < -0.39 is 0 Å². The van der Waals surface area contributed by atoms with Crippen molar-refractivity contribution in [2.45, 2.75) is 39.8 Å². The molecule has 0 fully saturated rings. The Bertz CT molecular complexity index is 421. The summed E-state index contributed by atoms with van der Waals surface area (Å²) in [6, 6.07) is 10.6. The van der Waals surface area contributed by atoms with Crippen LogP contribution < -0.4 is 5.32 Å². The number of hydrogen-bond acceptors (Lipinski definition) is 3. The van der Waals surface area contributed by atoms with Crippen LogP contribution in [0, 0.1) is 16.7 Å². The van der Waals surface area contributed by atoms with Crippen LogP contribution in [0.3, 0.4) is 0 Å². The summed E-state index contributed by atoms with van der Waals surface area (Å²) in [4.78, 5) is 0. The Labute approximate surface area is 116 Å². The van der Waals surface area contributed by atoms with Gasteiger partial charge in [-0.25, -0.2) is 0 Å². The van der Waals surface area contributed by atoms with Crippen LogP contribution in [0.25, 0.3) is 0 Å². The molecular formula is C16H24N2O. The summed E-state index contributed by atoms with van der Waals surface area (Å²) in [6.45, 7) is 6.42. The fraction of sp³-hybridized carbons (Fsp3) is 0.562. The molecular weight excluding hydrogens is 236 g/mol. The van der Waals surface area contributed by atoms with Gasteiger partial charge in [-0.15, -0.1) is 0 Å². The third kappa shape index (κ3) is 5.87. The van der Waals surface area contributed by atoms with E-state index in [1.807, 2.05) is 19.9 Å². The minimum atomic E-state index is -0.213. The molecule has 1 aromatic rings. The predicted molar refractivity (Wildman–Crippen MR) is 77.5 cm³/mol. The molecule has 0 aliphatic rings. The average Bonchev–Trinajstić information content (AvgIpc) is 2.40. The van der Waals surface area contributed by atoms with E-state index in [0.29, 0.717) is 6.61 Å². The first-order valence-corrected chi connectivity index (χ1v) is 6.77. The molecule has 0 bridgehead atoms. The first-order valence-electron chi connectivity index (χ1n) is 6.77. The van der Waals surface area contributed by atoms with Crippen molar-refractivity contribution in [1.29, 1.82) is 5.26 Å². The van der Waals surface area contributed by atoms with Gasteiger partial charge in [-0.05, 0) is 44.4 Å². The molecule has 0 aromatic heterocycles. The number of benzene rings is 1. The van der Waals surface area contributed by atoms with Gasteiger partial charge in [0.15, 0.2) is 0 Å². The molecule has 0 amide bonds. The van der Waals surface area contributed by atoms with Crippen molar-refractivity contribution >= 4 is 0 Å². The van der Waals surface area contributed by atoms with Crippen molar-refractivity contribution in [2.75, 3.05) is 13.7 Å². The molecule has 0 aliphatic heterocycles. The van der Waals surface area contributed by atoms with Gasteiger partial charge in [0, 0.05) is 13.7 Å². The highest BCUT2D eigenvalue weighted by Gasteiger charge is 2.15. The first-order chi connectivity index (χ1) is 9.09. The molecule has 0 radical (unpaired) electrons. The lowest BCUT2D eigenvalue weighted by molar-refractivity contribution is 0.184. The second-order valence-corrected chi connectivity index (χ2v) is 5.48. The van der Waals surface area contributed by atoms with Crippen LogP contribution >= 0.6 is 0 Å². The standard InChI is InChI=1S/C16H24N2O/c1-16(2,13-17)9-6-10-18-11-14-7-4-5-8-15(14)12-19-3/h4-5,7-8,18H,6,9-12H2,1-3H3. The van der Waals surface area contributed by atoms with Crippen molar-refractivity contribution < 1.29 is 4.74 Å². The lowest BCUT2D eigenvalue weighted by Gasteiger charge is -2.15. The molecule has 0 saturated heterocycles. The van der Waals surface area contributed by atoms with Gasteiger partial charge in [0.25, 0.3) is 0 Å². The summed E-state index contributed by atoms with van der Waals surface area (Å²) >= 11 is 0. The minimum Gasteiger partial charge on any atom is -0.380 e. The second-order valence-electron chi connectivity index (χ2n) is 5.48. The van der Waals surface area contributed by atoms with Crippen LogP contribution in [0.15, 0.2) is 24.3 Å². The fourth-order valence-electron chi connectivity index (χ4n) is 1.96. The molecule has 104 valence electrons. The van der Waals surface area contributed by atoms with Crippen LogP contribution in [0.5, 0.6) is 0 Å². The Morgan fingerprint density at radius 1 is 1.26 bits per heavy atom. The Morgan fingerprint density at radius 2 is 1.95 bits per heavy atom. The Kier molecular flexibility index (Phi) is 6.55. The lowest BCUT2D eigenvalue weighted by Crippen LogP contribution is -2.18. The van der Waals surface area contributed by atoms with Crippen molar-refractivity contribution in [3.8, 4) is 6.07 Å². The predicted octanol–water partition coefficient (Wildman–Crippen LogP) is 3.25. The molecule has 0 saturated carbocycles. The van der Waals surface area contributed by atoms with Crippen LogP contribution in [-0.4, -0.2) is 13.7 Å². The maximum absolute atomic E-state index is 8.94. The van der Waals surface area contributed by atoms with E-state index in [1.54, 1.807) is 7.11 Å². The number of nitrogens with one attached hydrogen (secondary N) is 1. The van der Waals surface area contributed by atoms with Gasteiger partial charge in [-0.2, -0.15) is 5.26 Å². The minimum absolute atomic E-state index is 0.213. The fourth-order valence-corrected chi connectivity index (χ4v) is 1.96. The van der Waals surface area contributed by atoms with Crippen molar-refractivity contribution in [1.82, 2.24) is 5.32 Å². The molecule has 0 heterocycles. The number of hydrogen-bond donors (Lipinski definition) is 1. The highest BCUT2D eigenvalue weighted by molar-refractivity contribution is 5.26. The summed E-state index contributed by atoms with van der Waals surface area (Å²) in [5.74, 6) is 0. The number of ether oxygens (including phenoxy) is 1. The van der Waals surface area contributed by atoms with E-state index in [1.165, 1.54) is 11.1 Å². The monoisotopic (exact) mass is 260 g/mol. The highest BCUT2D eigenvalue weighted by atomic mass is 16.5. The van der Waals surface area contributed by atoms with E-state index in [0.717, 1.165) is 25.9 Å². The highest BCUT2D eigenvalue weighted by Crippen LogP contribution is 2.20. The Balaban J connectivity index is 2.32. The summed E-state index contributed by atoms with van der Waals surface area (Å²) in [5.41, 5.74) is 2.30. The van der Waals surface area contributed by atoms with E-state index in [9.17, 15) is 0 Å². The van der Waals surface area contributed by atoms with Gasteiger partial charge in [-0.3, -0.25) is 0 Å². The van der Waals surface area contributed by atoms with Crippen LogP contribution in [0.2, 0.25) is 0 Å². The van der Waals surface area contributed by atoms with Crippen molar-refractivity contribution in [3.63, 3.8) is 0 Å². The second kappa shape index (κ2) is 7.93. The van der Waals surface area contributed by atoms with E-state index in [4.69, 9.17) is 10.00 Å². The molecule has 0 atom stereocenters. The molecule has 3 nitrogen and oxygen atoms in total. The number of rotatable bonds is 8. The topological polar surface area (TPSA) is 45.0 Å². The number of nitriles is 1. The molecule has 3 heteroatoms. The Hall–Kier alpha value is -1.37. The summed E-state index contributed by atoms with van der Waals surface area (Å²) in [6.07, 6.45) is 1.95. The summed E-state index contributed by atoms with van der Waals surface area (Å²) in [7, 11) is 1.72. The van der Waals surface area contributed by atoms with Gasteiger partial charge in [0.1, 0.15) is 0 Å². The van der Waals surface area contributed by atoms with Gasteiger partial charge in [0.05, 0.1) is 18.1 Å². The van der Waals surface area contributed by atoms with E-state index in [-0.39, 0.29) is 5.41 Å². The number of nitrogens with zero attached hydrogens (tertiary/aromatic N) is 1. The Morgan fingerprint density at radius 3 is 2.58 bits per heavy atom. The zero-order valence-electron chi connectivity index (χ0n) is 12.2. The van der Waals surface area contributed by atoms with Gasteiger partial charge >= 0.3 is 0 Å². The smallest absolute Gasteiger partial charge is 0.0716 e. The van der Waals surface area contributed by atoms with Gasteiger partial charge < -0.3 is 10.1 Å². The maximum atomic E-state index is 8.94. The van der Waals surface area contributed by atoms with Gasteiger partial charge in [0.2, 0.25) is 0 Å². The molecule has 1 aromatic carbocycles. The molecule has 1 N–H and O–H groups in total. The van der Waals surface area contributed by atoms with Crippen molar-refractivity contribution in [2.24, 2.45) is 5.41 Å². The molecule has 0 unspecified atom stereocenters. The normalized spacial score (nSPS) is 11.3.